The third kappa shape index (κ3) is 3.24. The van der Waals surface area contributed by atoms with Gasteiger partial charge in [0, 0.05) is 17.9 Å². The van der Waals surface area contributed by atoms with Crippen molar-refractivity contribution >= 4 is 28.6 Å². The van der Waals surface area contributed by atoms with Crippen molar-refractivity contribution in [1.29, 1.82) is 0 Å². The Morgan fingerprint density at radius 2 is 2.04 bits per heavy atom. The standard InChI is InChI=1S/C17H14FN3O3/c1-10(22)24-9-16(23)19-17-13-7-6-11(8-15(13)20-21-17)12-4-2-3-5-14(12)18/h2-8H,9H2,1H3,(H2,19,20,21,23). The molecule has 0 aliphatic rings. The second kappa shape index (κ2) is 6.49. The number of nitrogens with zero attached hydrogens (tertiary/aromatic N) is 1. The number of rotatable bonds is 4. The van der Waals surface area contributed by atoms with E-state index in [0.717, 1.165) is 0 Å². The van der Waals surface area contributed by atoms with Gasteiger partial charge >= 0.3 is 5.97 Å². The maximum Gasteiger partial charge on any atom is 0.303 e. The summed E-state index contributed by atoms with van der Waals surface area (Å²) in [6.45, 7) is 0.846. The molecule has 122 valence electrons. The first-order chi connectivity index (χ1) is 11.5. The van der Waals surface area contributed by atoms with Crippen LogP contribution in [0.3, 0.4) is 0 Å². The fourth-order valence-corrected chi connectivity index (χ4v) is 2.31. The van der Waals surface area contributed by atoms with Gasteiger partial charge in [-0.15, -0.1) is 0 Å². The minimum atomic E-state index is -0.536. The lowest BCUT2D eigenvalue weighted by Crippen LogP contribution is -2.20. The fourth-order valence-electron chi connectivity index (χ4n) is 2.31. The molecular formula is C17H14FN3O3. The summed E-state index contributed by atoms with van der Waals surface area (Å²) in [7, 11) is 0. The van der Waals surface area contributed by atoms with E-state index in [9.17, 15) is 14.0 Å². The highest BCUT2D eigenvalue weighted by Crippen LogP contribution is 2.28. The number of hydrogen-bond acceptors (Lipinski definition) is 4. The van der Waals surface area contributed by atoms with Crippen LogP contribution in [0, 0.1) is 5.82 Å². The number of amides is 1. The number of fused-ring (bicyclic) bond motifs is 1. The summed E-state index contributed by atoms with van der Waals surface area (Å²) in [6, 6.07) is 11.7. The number of benzene rings is 2. The van der Waals surface area contributed by atoms with Crippen LogP contribution in [0.4, 0.5) is 10.2 Å². The Bertz CT molecular complexity index is 920. The van der Waals surface area contributed by atoms with E-state index in [1.807, 2.05) is 0 Å². The second-order valence-electron chi connectivity index (χ2n) is 5.14. The summed E-state index contributed by atoms with van der Waals surface area (Å²) in [4.78, 5) is 22.4. The van der Waals surface area contributed by atoms with E-state index in [0.29, 0.717) is 27.8 Å². The van der Waals surface area contributed by atoms with Crippen molar-refractivity contribution in [3.8, 4) is 11.1 Å². The number of hydrogen-bond donors (Lipinski definition) is 2. The van der Waals surface area contributed by atoms with Crippen molar-refractivity contribution in [1.82, 2.24) is 10.2 Å². The van der Waals surface area contributed by atoms with Crippen LogP contribution < -0.4 is 5.32 Å². The van der Waals surface area contributed by atoms with Crippen molar-refractivity contribution in [2.24, 2.45) is 0 Å². The topological polar surface area (TPSA) is 84.1 Å². The zero-order valence-electron chi connectivity index (χ0n) is 12.8. The number of carbonyl (C=O) groups is 2. The molecule has 1 amide bonds. The average Bonchev–Trinajstić information content (AvgIpc) is 2.95. The highest BCUT2D eigenvalue weighted by Gasteiger charge is 2.12. The summed E-state index contributed by atoms with van der Waals surface area (Å²) in [5.41, 5.74) is 1.83. The molecule has 0 unspecified atom stereocenters. The monoisotopic (exact) mass is 327 g/mol. The van der Waals surface area contributed by atoms with E-state index >= 15 is 0 Å². The van der Waals surface area contributed by atoms with Crippen LogP contribution in [0.5, 0.6) is 0 Å². The molecule has 0 radical (unpaired) electrons. The summed E-state index contributed by atoms with van der Waals surface area (Å²) < 4.78 is 18.5. The van der Waals surface area contributed by atoms with Crippen LogP contribution in [0.15, 0.2) is 42.5 Å². The Kier molecular flexibility index (Phi) is 4.24. The van der Waals surface area contributed by atoms with E-state index in [2.05, 4.69) is 20.3 Å². The number of ether oxygens (including phenoxy) is 1. The Morgan fingerprint density at radius 1 is 1.25 bits per heavy atom. The SMILES string of the molecule is CC(=O)OCC(=O)Nc1n[nH]c2cc(-c3ccccc3F)ccc12. The molecule has 1 aromatic heterocycles. The lowest BCUT2D eigenvalue weighted by atomic mass is 10.0. The second-order valence-corrected chi connectivity index (χ2v) is 5.14. The van der Waals surface area contributed by atoms with E-state index in [1.165, 1.54) is 13.0 Å². The van der Waals surface area contributed by atoms with Crippen LogP contribution in [0.25, 0.3) is 22.0 Å². The van der Waals surface area contributed by atoms with Gasteiger partial charge in [0.15, 0.2) is 12.4 Å². The molecule has 2 N–H and O–H groups in total. The molecule has 0 atom stereocenters. The van der Waals surface area contributed by atoms with E-state index < -0.39 is 11.9 Å². The minimum absolute atomic E-state index is 0.314. The zero-order valence-corrected chi connectivity index (χ0v) is 12.8. The van der Waals surface area contributed by atoms with Gasteiger partial charge in [-0.2, -0.15) is 5.10 Å². The number of H-pyrrole nitrogens is 1. The number of anilines is 1. The molecule has 7 heteroatoms. The molecule has 0 fully saturated rings. The molecule has 0 aliphatic carbocycles. The first kappa shape index (κ1) is 15.7. The van der Waals surface area contributed by atoms with E-state index in [1.54, 1.807) is 36.4 Å². The van der Waals surface area contributed by atoms with Gasteiger partial charge in [0.1, 0.15) is 5.82 Å². The number of aromatic amines is 1. The zero-order chi connectivity index (χ0) is 17.1. The van der Waals surface area contributed by atoms with Crippen LogP contribution in [-0.4, -0.2) is 28.7 Å². The normalized spacial score (nSPS) is 10.6. The molecule has 0 saturated heterocycles. The van der Waals surface area contributed by atoms with E-state index in [4.69, 9.17) is 0 Å². The van der Waals surface area contributed by atoms with Crippen LogP contribution in [-0.2, 0) is 14.3 Å². The van der Waals surface area contributed by atoms with Crippen molar-refractivity contribution < 1.29 is 18.7 Å². The molecule has 0 spiro atoms. The Hall–Kier alpha value is -3.22. The van der Waals surface area contributed by atoms with Gasteiger partial charge < -0.3 is 10.1 Å². The predicted octanol–water partition coefficient (Wildman–Crippen LogP) is 2.87. The van der Waals surface area contributed by atoms with Crippen LogP contribution in [0.1, 0.15) is 6.92 Å². The number of aromatic nitrogens is 2. The maximum atomic E-state index is 13.9. The molecule has 0 aliphatic heterocycles. The van der Waals surface area contributed by atoms with Crippen molar-refractivity contribution in [3.63, 3.8) is 0 Å². The van der Waals surface area contributed by atoms with Gasteiger partial charge in [-0.05, 0) is 23.8 Å². The van der Waals surface area contributed by atoms with Gasteiger partial charge in [0.2, 0.25) is 0 Å². The van der Waals surface area contributed by atoms with Crippen molar-refractivity contribution in [2.75, 3.05) is 11.9 Å². The smallest absolute Gasteiger partial charge is 0.303 e. The third-order valence-electron chi connectivity index (χ3n) is 3.41. The molecule has 3 aromatic rings. The summed E-state index contributed by atoms with van der Waals surface area (Å²) in [6.07, 6.45) is 0. The summed E-state index contributed by atoms with van der Waals surface area (Å²) in [5, 5.41) is 10.1. The Balaban J connectivity index is 1.85. The highest BCUT2D eigenvalue weighted by molar-refractivity contribution is 6.01. The number of carbonyl (C=O) groups excluding carboxylic acids is 2. The van der Waals surface area contributed by atoms with Gasteiger partial charge in [0.25, 0.3) is 5.91 Å². The third-order valence-corrected chi connectivity index (χ3v) is 3.41. The Labute approximate surface area is 136 Å². The van der Waals surface area contributed by atoms with Crippen LogP contribution in [0.2, 0.25) is 0 Å². The van der Waals surface area contributed by atoms with Crippen LogP contribution >= 0.6 is 0 Å². The molecule has 3 rings (SSSR count). The minimum Gasteiger partial charge on any atom is -0.456 e. The predicted molar refractivity (Wildman–Crippen MR) is 86.8 cm³/mol. The number of halogens is 1. The van der Waals surface area contributed by atoms with Crippen molar-refractivity contribution in [2.45, 2.75) is 6.92 Å². The summed E-state index contributed by atoms with van der Waals surface area (Å²) in [5.74, 6) is -1.02. The van der Waals surface area contributed by atoms with E-state index in [-0.39, 0.29) is 12.4 Å². The number of esters is 1. The van der Waals surface area contributed by atoms with Crippen molar-refractivity contribution in [3.05, 3.63) is 48.3 Å². The molecular weight excluding hydrogens is 313 g/mol. The molecule has 0 bridgehead atoms. The lowest BCUT2D eigenvalue weighted by molar-refractivity contribution is -0.144. The first-order valence-corrected chi connectivity index (χ1v) is 7.21. The van der Waals surface area contributed by atoms with Gasteiger partial charge in [-0.3, -0.25) is 14.7 Å². The molecule has 24 heavy (non-hydrogen) atoms. The molecule has 0 saturated carbocycles. The van der Waals surface area contributed by atoms with Gasteiger partial charge in [-0.1, -0.05) is 24.3 Å². The number of nitrogens with one attached hydrogen (secondary N) is 2. The largest absolute Gasteiger partial charge is 0.456 e. The fraction of sp³-hybridized carbons (Fsp3) is 0.118. The lowest BCUT2D eigenvalue weighted by Gasteiger charge is -2.04. The molecule has 1 heterocycles. The summed E-state index contributed by atoms with van der Waals surface area (Å²) >= 11 is 0. The van der Waals surface area contributed by atoms with Gasteiger partial charge in [0.05, 0.1) is 5.52 Å². The quantitative estimate of drug-likeness (QED) is 0.722. The van der Waals surface area contributed by atoms with Gasteiger partial charge in [-0.25, -0.2) is 4.39 Å². The maximum absolute atomic E-state index is 13.9. The highest BCUT2D eigenvalue weighted by atomic mass is 19.1. The Morgan fingerprint density at radius 3 is 2.79 bits per heavy atom. The molecule has 6 nitrogen and oxygen atoms in total. The average molecular weight is 327 g/mol. The first-order valence-electron chi connectivity index (χ1n) is 7.21. The molecule has 2 aromatic carbocycles.